The molecule has 2 aromatic carbocycles. The SMILES string of the molecule is Fc1ccc(NC(=S)N[C@H]2CO[C@H]3[C@@H]2OC[C@@H]3n2nnnc2Oc2ccc3c(c2)OCO3)cc1. The molecule has 11 nitrogen and oxygen atoms in total. The van der Waals surface area contributed by atoms with Crippen molar-refractivity contribution in [2.75, 3.05) is 25.3 Å². The normalized spacial score (nSPS) is 24.6. The fourth-order valence-electron chi connectivity index (χ4n) is 4.19. The lowest BCUT2D eigenvalue weighted by atomic mass is 10.1. The standard InChI is InChI=1S/C21H19FN6O5S/c22-11-1-3-12(4-2-11)23-20(34)24-14-8-29-19-15(9-30-18(14)19)28-21(25-26-27-28)33-13-5-6-16-17(7-13)32-10-31-16/h1-7,14-15,18-19H,8-10H2,(H2,23,24,34)/t14-,15-,18+,19+/m0/s1. The molecule has 3 aromatic rings. The van der Waals surface area contributed by atoms with E-state index in [1.807, 2.05) is 0 Å². The molecule has 0 saturated carbocycles. The van der Waals surface area contributed by atoms with E-state index < -0.39 is 0 Å². The topological polar surface area (TPSA) is 114 Å². The molecule has 4 atom stereocenters. The summed E-state index contributed by atoms with van der Waals surface area (Å²) in [5.74, 6) is 1.45. The van der Waals surface area contributed by atoms with E-state index in [1.54, 1.807) is 35.0 Å². The number of fused-ring (bicyclic) bond motifs is 2. The van der Waals surface area contributed by atoms with E-state index in [2.05, 4.69) is 26.2 Å². The molecule has 1 aromatic heterocycles. The highest BCUT2D eigenvalue weighted by Crippen LogP contribution is 2.38. The average Bonchev–Trinajstić information content (AvgIpc) is 3.61. The molecule has 3 aliphatic rings. The Bertz CT molecular complexity index is 1210. The number of benzene rings is 2. The Hall–Kier alpha value is -3.55. The van der Waals surface area contributed by atoms with Crippen LogP contribution in [0.15, 0.2) is 42.5 Å². The van der Waals surface area contributed by atoms with Crippen LogP contribution in [0.5, 0.6) is 23.3 Å². The van der Waals surface area contributed by atoms with E-state index in [0.29, 0.717) is 41.3 Å². The minimum absolute atomic E-state index is 0.175. The number of nitrogens with zero attached hydrogens (tertiary/aromatic N) is 4. The van der Waals surface area contributed by atoms with Crippen molar-refractivity contribution in [3.05, 3.63) is 48.3 Å². The molecule has 13 heteroatoms. The predicted molar refractivity (Wildman–Crippen MR) is 119 cm³/mol. The molecule has 6 rings (SSSR count). The number of halogens is 1. The molecule has 0 aliphatic carbocycles. The molecule has 0 spiro atoms. The molecule has 0 amide bonds. The highest BCUT2D eigenvalue weighted by Gasteiger charge is 2.50. The highest BCUT2D eigenvalue weighted by molar-refractivity contribution is 7.80. The second-order valence-corrected chi connectivity index (χ2v) is 8.31. The monoisotopic (exact) mass is 486 g/mol. The minimum Gasteiger partial charge on any atom is -0.454 e. The van der Waals surface area contributed by atoms with Gasteiger partial charge in [-0.25, -0.2) is 4.39 Å². The number of anilines is 1. The number of aromatic nitrogens is 4. The van der Waals surface area contributed by atoms with Crippen molar-refractivity contribution in [2.45, 2.75) is 24.3 Å². The number of rotatable bonds is 5. The predicted octanol–water partition coefficient (Wildman–Crippen LogP) is 2.03. The first kappa shape index (κ1) is 21.0. The largest absolute Gasteiger partial charge is 0.454 e. The molecular formula is C21H19FN6O5S. The van der Waals surface area contributed by atoms with Crippen LogP contribution in [0, 0.1) is 5.82 Å². The van der Waals surface area contributed by atoms with Gasteiger partial charge in [-0.1, -0.05) is 5.10 Å². The maximum atomic E-state index is 13.1. The number of hydrogen-bond acceptors (Lipinski definition) is 9. The maximum Gasteiger partial charge on any atom is 0.341 e. The smallest absolute Gasteiger partial charge is 0.341 e. The summed E-state index contributed by atoms with van der Waals surface area (Å²) in [7, 11) is 0. The van der Waals surface area contributed by atoms with E-state index in [4.69, 9.17) is 35.9 Å². The van der Waals surface area contributed by atoms with Gasteiger partial charge < -0.3 is 34.3 Å². The third-order valence-electron chi connectivity index (χ3n) is 5.78. The van der Waals surface area contributed by atoms with Gasteiger partial charge in [-0.15, -0.1) is 0 Å². The summed E-state index contributed by atoms with van der Waals surface area (Å²) in [6.45, 7) is 0.903. The molecule has 34 heavy (non-hydrogen) atoms. The van der Waals surface area contributed by atoms with Crippen LogP contribution in [0.1, 0.15) is 6.04 Å². The Morgan fingerprint density at radius 1 is 1.06 bits per heavy atom. The Balaban J connectivity index is 1.11. The van der Waals surface area contributed by atoms with Crippen molar-refractivity contribution < 1.29 is 28.1 Å². The summed E-state index contributed by atoms with van der Waals surface area (Å²) in [5.41, 5.74) is 0.679. The van der Waals surface area contributed by atoms with Gasteiger partial charge in [-0.3, -0.25) is 0 Å². The first-order chi connectivity index (χ1) is 16.6. The Kier molecular flexibility index (Phi) is 5.36. The van der Waals surface area contributed by atoms with Crippen molar-refractivity contribution in [1.82, 2.24) is 25.5 Å². The molecule has 176 valence electrons. The fraction of sp³-hybridized carbons (Fsp3) is 0.333. The van der Waals surface area contributed by atoms with Crippen LogP contribution in [0.25, 0.3) is 0 Å². The van der Waals surface area contributed by atoms with Gasteiger partial charge in [0.05, 0.1) is 19.3 Å². The van der Waals surface area contributed by atoms with Gasteiger partial charge in [0, 0.05) is 11.8 Å². The van der Waals surface area contributed by atoms with Crippen molar-refractivity contribution in [3.8, 4) is 23.3 Å². The molecule has 0 bridgehead atoms. The number of nitrogens with one attached hydrogen (secondary N) is 2. The van der Waals surface area contributed by atoms with E-state index in [-0.39, 0.29) is 42.9 Å². The second-order valence-electron chi connectivity index (χ2n) is 7.90. The van der Waals surface area contributed by atoms with Gasteiger partial charge in [-0.2, -0.15) is 4.68 Å². The summed E-state index contributed by atoms with van der Waals surface area (Å²) >= 11 is 5.40. The first-order valence-corrected chi connectivity index (χ1v) is 11.0. The van der Waals surface area contributed by atoms with Gasteiger partial charge in [-0.05, 0) is 59.0 Å². The third kappa shape index (κ3) is 3.97. The Labute approximate surface area is 198 Å². The number of ether oxygens (including phenoxy) is 5. The quantitative estimate of drug-likeness (QED) is 0.517. The molecule has 0 unspecified atom stereocenters. The highest BCUT2D eigenvalue weighted by atomic mass is 32.1. The molecule has 0 radical (unpaired) electrons. The zero-order valence-corrected chi connectivity index (χ0v) is 18.4. The summed E-state index contributed by atoms with van der Waals surface area (Å²) in [6.07, 6.45) is -0.561. The van der Waals surface area contributed by atoms with E-state index in [1.165, 1.54) is 12.1 Å². The van der Waals surface area contributed by atoms with Gasteiger partial charge in [0.15, 0.2) is 16.6 Å². The fourth-order valence-corrected chi connectivity index (χ4v) is 4.46. The third-order valence-corrected chi connectivity index (χ3v) is 6.00. The number of tetrazole rings is 1. The Morgan fingerprint density at radius 3 is 2.76 bits per heavy atom. The molecule has 3 aliphatic heterocycles. The van der Waals surface area contributed by atoms with Crippen LogP contribution in [-0.2, 0) is 9.47 Å². The molecule has 4 heterocycles. The Morgan fingerprint density at radius 2 is 1.88 bits per heavy atom. The van der Waals surface area contributed by atoms with Gasteiger partial charge in [0.1, 0.15) is 29.8 Å². The van der Waals surface area contributed by atoms with Crippen LogP contribution in [0.2, 0.25) is 0 Å². The molecule has 2 fully saturated rings. The van der Waals surface area contributed by atoms with E-state index >= 15 is 0 Å². The zero-order valence-electron chi connectivity index (χ0n) is 17.6. The number of thiocarbonyl (C=S) groups is 1. The molecule has 2 N–H and O–H groups in total. The lowest BCUT2D eigenvalue weighted by molar-refractivity contribution is 0.0615. The zero-order chi connectivity index (χ0) is 23.1. The van der Waals surface area contributed by atoms with Gasteiger partial charge >= 0.3 is 6.01 Å². The van der Waals surface area contributed by atoms with Crippen LogP contribution in [0.3, 0.4) is 0 Å². The summed E-state index contributed by atoms with van der Waals surface area (Å²) in [6, 6.07) is 10.9. The van der Waals surface area contributed by atoms with Crippen LogP contribution in [-0.4, -0.2) is 63.6 Å². The van der Waals surface area contributed by atoms with Crippen molar-refractivity contribution in [3.63, 3.8) is 0 Å². The van der Waals surface area contributed by atoms with E-state index in [9.17, 15) is 4.39 Å². The van der Waals surface area contributed by atoms with E-state index in [0.717, 1.165) is 0 Å². The van der Waals surface area contributed by atoms with Crippen molar-refractivity contribution in [1.29, 1.82) is 0 Å². The summed E-state index contributed by atoms with van der Waals surface area (Å²) in [4.78, 5) is 0. The summed E-state index contributed by atoms with van der Waals surface area (Å²) < 4.78 is 43.3. The molecular weight excluding hydrogens is 467 g/mol. The minimum atomic E-state index is -0.314. The average molecular weight is 486 g/mol. The van der Waals surface area contributed by atoms with Crippen LogP contribution in [0.4, 0.5) is 10.1 Å². The van der Waals surface area contributed by atoms with Gasteiger partial charge in [0.2, 0.25) is 6.79 Å². The number of hydrogen-bond donors (Lipinski definition) is 2. The van der Waals surface area contributed by atoms with Crippen LogP contribution < -0.4 is 24.8 Å². The second kappa shape index (κ2) is 8.66. The van der Waals surface area contributed by atoms with Crippen molar-refractivity contribution >= 4 is 23.0 Å². The summed E-state index contributed by atoms with van der Waals surface area (Å²) in [5, 5.41) is 18.5. The first-order valence-electron chi connectivity index (χ1n) is 10.6. The maximum absolute atomic E-state index is 13.1. The molecule has 2 saturated heterocycles. The van der Waals surface area contributed by atoms with Crippen molar-refractivity contribution in [2.24, 2.45) is 0 Å². The van der Waals surface area contributed by atoms with Crippen LogP contribution >= 0.6 is 12.2 Å². The van der Waals surface area contributed by atoms with Gasteiger partial charge in [0.25, 0.3) is 0 Å². The lowest BCUT2D eigenvalue weighted by Gasteiger charge is -2.20. The lowest BCUT2D eigenvalue weighted by Crippen LogP contribution is -2.45.